The Morgan fingerprint density at radius 3 is 1.92 bits per heavy atom. The van der Waals surface area contributed by atoms with Gasteiger partial charge in [0.1, 0.15) is 5.75 Å². The molecule has 0 amide bonds. The molecule has 0 fully saturated rings. The van der Waals surface area contributed by atoms with Crippen LogP contribution in [0, 0.1) is 0 Å². The molecule has 1 N–H and O–H groups in total. The van der Waals surface area contributed by atoms with E-state index in [4.69, 9.17) is 0 Å². The number of ketones is 1. The minimum atomic E-state index is 0.0822. The van der Waals surface area contributed by atoms with Gasteiger partial charge in [-0.3, -0.25) is 4.79 Å². The van der Waals surface area contributed by atoms with E-state index in [1.165, 1.54) is 57.8 Å². The van der Waals surface area contributed by atoms with Gasteiger partial charge < -0.3 is 5.11 Å². The van der Waals surface area contributed by atoms with Crippen LogP contribution in [0.25, 0.3) is 0 Å². The molecule has 0 radical (unpaired) electrons. The van der Waals surface area contributed by atoms with Gasteiger partial charge in [-0.15, -0.1) is 0 Å². The predicted molar refractivity (Wildman–Crippen MR) is 103 cm³/mol. The molecule has 0 bridgehead atoms. The molecule has 2 heteroatoms. The standard InChI is InChI=1S/C22H36O2/c1-3-5-6-7-8-9-10-11-12-13-14-15-21(23)20-18-19(4-2)16-17-22(20)24/h16-18,24H,3-15H2,1-2H3. The zero-order chi connectivity index (χ0) is 17.6. The van der Waals surface area contributed by atoms with Gasteiger partial charge >= 0.3 is 0 Å². The lowest BCUT2D eigenvalue weighted by atomic mass is 10.00. The highest BCUT2D eigenvalue weighted by Gasteiger charge is 2.11. The van der Waals surface area contributed by atoms with Crippen molar-refractivity contribution in [1.82, 2.24) is 0 Å². The maximum Gasteiger partial charge on any atom is 0.166 e. The summed E-state index contributed by atoms with van der Waals surface area (Å²) < 4.78 is 0. The lowest BCUT2D eigenvalue weighted by molar-refractivity contribution is 0.0976. The molecule has 0 aliphatic carbocycles. The Morgan fingerprint density at radius 1 is 0.833 bits per heavy atom. The fourth-order valence-electron chi connectivity index (χ4n) is 3.11. The van der Waals surface area contributed by atoms with Crippen LogP contribution in [0.15, 0.2) is 18.2 Å². The van der Waals surface area contributed by atoms with Gasteiger partial charge in [0, 0.05) is 6.42 Å². The third-order valence-corrected chi connectivity index (χ3v) is 4.78. The van der Waals surface area contributed by atoms with Crippen LogP contribution in [0.3, 0.4) is 0 Å². The van der Waals surface area contributed by atoms with Gasteiger partial charge in [-0.1, -0.05) is 84.1 Å². The summed E-state index contributed by atoms with van der Waals surface area (Å²) in [5, 5.41) is 9.86. The first kappa shape index (κ1) is 20.7. The van der Waals surface area contributed by atoms with Crippen molar-refractivity contribution >= 4 is 5.78 Å². The molecule has 2 nitrogen and oxygen atoms in total. The molecule has 0 saturated heterocycles. The summed E-state index contributed by atoms with van der Waals surface area (Å²) in [5.41, 5.74) is 1.61. The number of benzene rings is 1. The number of phenolic OH excluding ortho intramolecular Hbond substituents is 1. The second kappa shape index (κ2) is 13.0. The van der Waals surface area contributed by atoms with Crippen molar-refractivity contribution in [2.24, 2.45) is 0 Å². The summed E-state index contributed by atoms with van der Waals surface area (Å²) in [4.78, 5) is 12.2. The highest BCUT2D eigenvalue weighted by Crippen LogP contribution is 2.22. The second-order valence-corrected chi connectivity index (χ2v) is 6.91. The number of phenols is 1. The molecule has 1 aromatic rings. The van der Waals surface area contributed by atoms with E-state index < -0.39 is 0 Å². The summed E-state index contributed by atoms with van der Waals surface area (Å²) in [5.74, 6) is 0.207. The van der Waals surface area contributed by atoms with Crippen LogP contribution in [0.1, 0.15) is 107 Å². The number of aromatic hydroxyl groups is 1. The molecular formula is C22H36O2. The van der Waals surface area contributed by atoms with Crippen LogP contribution in [-0.4, -0.2) is 10.9 Å². The van der Waals surface area contributed by atoms with Crippen molar-refractivity contribution < 1.29 is 9.90 Å². The number of aryl methyl sites for hydroxylation is 1. The first-order chi connectivity index (χ1) is 11.7. The maximum absolute atomic E-state index is 12.2. The van der Waals surface area contributed by atoms with Crippen LogP contribution in [0.2, 0.25) is 0 Å². The Hall–Kier alpha value is -1.31. The number of unbranched alkanes of at least 4 members (excludes halogenated alkanes) is 10. The van der Waals surface area contributed by atoms with Gasteiger partial charge in [-0.25, -0.2) is 0 Å². The topological polar surface area (TPSA) is 37.3 Å². The predicted octanol–water partition coefficient (Wildman–Crippen LogP) is 6.84. The molecule has 0 aliphatic rings. The van der Waals surface area contributed by atoms with Crippen molar-refractivity contribution in [2.75, 3.05) is 0 Å². The Bertz CT molecular complexity index is 465. The van der Waals surface area contributed by atoms with E-state index in [2.05, 4.69) is 13.8 Å². The van der Waals surface area contributed by atoms with Gasteiger partial charge in [0.05, 0.1) is 5.56 Å². The highest BCUT2D eigenvalue weighted by molar-refractivity contribution is 5.98. The van der Waals surface area contributed by atoms with E-state index >= 15 is 0 Å². The zero-order valence-electron chi connectivity index (χ0n) is 15.8. The number of carbonyl (C=O) groups excluding carboxylic acids is 1. The average Bonchev–Trinajstić information content (AvgIpc) is 2.60. The van der Waals surface area contributed by atoms with Crippen molar-refractivity contribution in [2.45, 2.75) is 97.3 Å². The van der Waals surface area contributed by atoms with Crippen LogP contribution < -0.4 is 0 Å². The molecule has 136 valence electrons. The van der Waals surface area contributed by atoms with Gasteiger partial charge in [-0.05, 0) is 30.5 Å². The van der Waals surface area contributed by atoms with Crippen molar-refractivity contribution in [3.05, 3.63) is 29.3 Å². The molecule has 0 aromatic heterocycles. The lowest BCUT2D eigenvalue weighted by Crippen LogP contribution is -2.00. The molecule has 0 spiro atoms. The number of hydrogen-bond donors (Lipinski definition) is 1. The quantitative estimate of drug-likeness (QED) is 0.299. The zero-order valence-corrected chi connectivity index (χ0v) is 15.8. The molecule has 24 heavy (non-hydrogen) atoms. The van der Waals surface area contributed by atoms with Gasteiger partial charge in [0.2, 0.25) is 0 Å². The lowest BCUT2D eigenvalue weighted by Gasteiger charge is -2.06. The largest absolute Gasteiger partial charge is 0.507 e. The van der Waals surface area contributed by atoms with Gasteiger partial charge in [-0.2, -0.15) is 0 Å². The van der Waals surface area contributed by atoms with E-state index in [1.807, 2.05) is 12.1 Å². The van der Waals surface area contributed by atoms with E-state index in [-0.39, 0.29) is 11.5 Å². The molecule has 0 heterocycles. The third kappa shape index (κ3) is 8.52. The molecule has 0 atom stereocenters. The molecule has 0 saturated carbocycles. The third-order valence-electron chi connectivity index (χ3n) is 4.78. The number of rotatable bonds is 14. The number of hydrogen-bond acceptors (Lipinski definition) is 2. The van der Waals surface area contributed by atoms with E-state index in [9.17, 15) is 9.90 Å². The van der Waals surface area contributed by atoms with Crippen LogP contribution in [0.5, 0.6) is 5.75 Å². The second-order valence-electron chi connectivity index (χ2n) is 6.91. The first-order valence-corrected chi connectivity index (χ1v) is 10.0. The van der Waals surface area contributed by atoms with E-state index in [0.29, 0.717) is 12.0 Å². The first-order valence-electron chi connectivity index (χ1n) is 10.0. The minimum absolute atomic E-state index is 0.0822. The van der Waals surface area contributed by atoms with Gasteiger partial charge in [0.25, 0.3) is 0 Å². The summed E-state index contributed by atoms with van der Waals surface area (Å²) in [6.45, 7) is 4.32. The normalized spacial score (nSPS) is 10.9. The summed E-state index contributed by atoms with van der Waals surface area (Å²) >= 11 is 0. The fourth-order valence-corrected chi connectivity index (χ4v) is 3.11. The molecule has 1 rings (SSSR count). The van der Waals surface area contributed by atoms with E-state index in [0.717, 1.165) is 24.8 Å². The number of Topliss-reactive ketones (excluding diaryl/α,β-unsaturated/α-hetero) is 1. The Balaban J connectivity index is 2.08. The summed E-state index contributed by atoms with van der Waals surface area (Å²) in [6.07, 6.45) is 15.6. The molecule has 1 aromatic carbocycles. The van der Waals surface area contributed by atoms with Crippen LogP contribution in [-0.2, 0) is 6.42 Å². The van der Waals surface area contributed by atoms with Crippen molar-refractivity contribution in [3.63, 3.8) is 0 Å². The maximum atomic E-state index is 12.2. The number of carbonyl (C=O) groups is 1. The minimum Gasteiger partial charge on any atom is -0.507 e. The monoisotopic (exact) mass is 332 g/mol. The molecule has 0 unspecified atom stereocenters. The van der Waals surface area contributed by atoms with Crippen LogP contribution in [0.4, 0.5) is 0 Å². The van der Waals surface area contributed by atoms with Crippen molar-refractivity contribution in [1.29, 1.82) is 0 Å². The fraction of sp³-hybridized carbons (Fsp3) is 0.682. The van der Waals surface area contributed by atoms with E-state index in [1.54, 1.807) is 6.07 Å². The molecule has 0 aliphatic heterocycles. The summed E-state index contributed by atoms with van der Waals surface area (Å²) in [6, 6.07) is 5.37. The Morgan fingerprint density at radius 2 is 1.38 bits per heavy atom. The van der Waals surface area contributed by atoms with Gasteiger partial charge in [0.15, 0.2) is 5.78 Å². The average molecular weight is 333 g/mol. The van der Waals surface area contributed by atoms with Crippen LogP contribution >= 0.6 is 0 Å². The Kier molecular flexibility index (Phi) is 11.3. The Labute approximate surface area is 148 Å². The highest BCUT2D eigenvalue weighted by atomic mass is 16.3. The molecular weight excluding hydrogens is 296 g/mol. The summed E-state index contributed by atoms with van der Waals surface area (Å²) in [7, 11) is 0. The SMILES string of the molecule is CCCCCCCCCCCCCC(=O)c1cc(CC)ccc1O. The van der Waals surface area contributed by atoms with Crippen molar-refractivity contribution in [3.8, 4) is 5.75 Å². The smallest absolute Gasteiger partial charge is 0.166 e.